The Morgan fingerprint density at radius 2 is 2.38 bits per heavy atom. The number of halogens is 1. The van der Waals surface area contributed by atoms with Crippen LogP contribution in [-0.2, 0) is 6.42 Å². The molecule has 0 spiro atoms. The summed E-state index contributed by atoms with van der Waals surface area (Å²) in [6.45, 7) is 2.04. The lowest BCUT2D eigenvalue weighted by molar-refractivity contribution is 0.0982. The largest absolute Gasteiger partial charge is 0.490 e. The highest BCUT2D eigenvalue weighted by Crippen LogP contribution is 2.29. The minimum atomic E-state index is 0.169. The first-order chi connectivity index (χ1) is 7.70. The Hall–Kier alpha value is -1.02. The van der Waals surface area contributed by atoms with Gasteiger partial charge in [0.25, 0.3) is 0 Å². The fourth-order valence-electron chi connectivity index (χ4n) is 1.97. The Balaban J connectivity index is 2.13. The number of hydrogen-bond donors (Lipinski definition) is 0. The van der Waals surface area contributed by atoms with Crippen LogP contribution in [0.3, 0.4) is 0 Å². The fraction of sp³-hybridized carbons (Fsp3) is 0.462. The zero-order valence-electron chi connectivity index (χ0n) is 9.33. The molecule has 0 saturated heterocycles. The van der Waals surface area contributed by atoms with Crippen LogP contribution >= 0.6 is 11.6 Å². The summed E-state index contributed by atoms with van der Waals surface area (Å²) in [5, 5.41) is 0. The number of ketones is 1. The molecule has 86 valence electrons. The molecule has 0 saturated carbocycles. The Kier molecular flexibility index (Phi) is 3.49. The predicted molar refractivity (Wildman–Crippen MR) is 64.5 cm³/mol. The summed E-state index contributed by atoms with van der Waals surface area (Å²) in [4.78, 5) is 11.8. The van der Waals surface area contributed by atoms with E-state index >= 15 is 0 Å². The first-order valence-corrected chi connectivity index (χ1v) is 6.13. The number of hydrogen-bond acceptors (Lipinski definition) is 2. The molecule has 0 amide bonds. The molecular formula is C13H15ClO2. The number of Topliss-reactive ketones (excluding diaryl/α,β-unsaturated/α-hetero) is 1. The van der Waals surface area contributed by atoms with Gasteiger partial charge in [0.05, 0.1) is 0 Å². The summed E-state index contributed by atoms with van der Waals surface area (Å²) in [7, 11) is 0. The highest BCUT2D eigenvalue weighted by atomic mass is 35.5. The van der Waals surface area contributed by atoms with E-state index in [1.807, 2.05) is 25.1 Å². The van der Waals surface area contributed by atoms with Gasteiger partial charge in [0, 0.05) is 24.3 Å². The molecule has 16 heavy (non-hydrogen) atoms. The van der Waals surface area contributed by atoms with Crippen LogP contribution in [-0.4, -0.2) is 17.8 Å². The van der Waals surface area contributed by atoms with Crippen molar-refractivity contribution in [2.24, 2.45) is 0 Å². The van der Waals surface area contributed by atoms with Gasteiger partial charge >= 0.3 is 0 Å². The van der Waals surface area contributed by atoms with Crippen molar-refractivity contribution >= 4 is 17.4 Å². The molecule has 1 aliphatic rings. The minimum Gasteiger partial charge on any atom is -0.490 e. The summed E-state index contributed by atoms with van der Waals surface area (Å²) < 4.78 is 5.59. The lowest BCUT2D eigenvalue weighted by atomic mass is 10.0. The molecule has 0 N–H and O–H groups in total. The SMILES string of the molecule is CC1Cc2cc(C(=O)CCCCl)ccc2O1. The van der Waals surface area contributed by atoms with E-state index in [4.69, 9.17) is 16.3 Å². The van der Waals surface area contributed by atoms with Crippen LogP contribution < -0.4 is 4.74 Å². The monoisotopic (exact) mass is 238 g/mol. The highest BCUT2D eigenvalue weighted by molar-refractivity contribution is 6.18. The van der Waals surface area contributed by atoms with Crippen LogP contribution in [0, 0.1) is 0 Å². The number of fused-ring (bicyclic) bond motifs is 1. The summed E-state index contributed by atoms with van der Waals surface area (Å²) in [6, 6.07) is 5.69. The summed E-state index contributed by atoms with van der Waals surface area (Å²) in [5.74, 6) is 1.63. The lowest BCUT2D eigenvalue weighted by Gasteiger charge is -2.03. The van der Waals surface area contributed by atoms with Gasteiger partial charge in [-0.2, -0.15) is 0 Å². The molecule has 1 unspecified atom stereocenters. The van der Waals surface area contributed by atoms with Crippen molar-refractivity contribution in [3.05, 3.63) is 29.3 Å². The van der Waals surface area contributed by atoms with Crippen LogP contribution in [0.2, 0.25) is 0 Å². The molecule has 0 aromatic heterocycles. The minimum absolute atomic E-state index is 0.169. The van der Waals surface area contributed by atoms with Gasteiger partial charge in [0.2, 0.25) is 0 Å². The first-order valence-electron chi connectivity index (χ1n) is 5.59. The zero-order chi connectivity index (χ0) is 11.5. The molecule has 1 heterocycles. The van der Waals surface area contributed by atoms with Crippen LogP contribution in [0.15, 0.2) is 18.2 Å². The highest BCUT2D eigenvalue weighted by Gasteiger charge is 2.20. The van der Waals surface area contributed by atoms with E-state index in [1.54, 1.807) is 0 Å². The van der Waals surface area contributed by atoms with Crippen molar-refractivity contribution in [3.63, 3.8) is 0 Å². The van der Waals surface area contributed by atoms with Crippen LogP contribution in [0.1, 0.15) is 35.7 Å². The molecule has 0 bridgehead atoms. The topological polar surface area (TPSA) is 26.3 Å². The van der Waals surface area contributed by atoms with Gasteiger partial charge in [-0.1, -0.05) is 0 Å². The number of carbonyl (C=O) groups is 1. The fourth-order valence-corrected chi connectivity index (χ4v) is 2.10. The molecule has 2 nitrogen and oxygen atoms in total. The average molecular weight is 239 g/mol. The third kappa shape index (κ3) is 2.38. The number of ether oxygens (including phenoxy) is 1. The molecule has 1 aromatic rings. The molecule has 0 radical (unpaired) electrons. The van der Waals surface area contributed by atoms with Crippen molar-refractivity contribution < 1.29 is 9.53 Å². The lowest BCUT2D eigenvalue weighted by Crippen LogP contribution is -2.05. The molecular weight excluding hydrogens is 224 g/mol. The van der Waals surface area contributed by atoms with E-state index in [0.717, 1.165) is 29.7 Å². The second kappa shape index (κ2) is 4.88. The average Bonchev–Trinajstić information content (AvgIpc) is 2.64. The molecule has 0 fully saturated rings. The standard InChI is InChI=1S/C13H15ClO2/c1-9-7-11-8-10(4-5-13(11)16-9)12(15)3-2-6-14/h4-5,8-9H,2-3,6-7H2,1H3. The van der Waals surface area contributed by atoms with Crippen LogP contribution in [0.5, 0.6) is 5.75 Å². The maximum atomic E-state index is 11.8. The second-order valence-electron chi connectivity index (χ2n) is 4.17. The zero-order valence-corrected chi connectivity index (χ0v) is 10.1. The summed E-state index contributed by atoms with van der Waals surface area (Å²) in [6.07, 6.45) is 2.39. The van der Waals surface area contributed by atoms with Gasteiger partial charge in [-0.25, -0.2) is 0 Å². The predicted octanol–water partition coefficient (Wildman–Crippen LogP) is 3.21. The van der Waals surface area contributed by atoms with Crippen molar-refractivity contribution in [3.8, 4) is 5.75 Å². The number of alkyl halides is 1. The molecule has 1 aromatic carbocycles. The van der Waals surface area contributed by atoms with E-state index in [2.05, 4.69) is 0 Å². The van der Waals surface area contributed by atoms with Gasteiger partial charge in [0.15, 0.2) is 5.78 Å². The van der Waals surface area contributed by atoms with Gasteiger partial charge in [-0.3, -0.25) is 4.79 Å². The molecule has 3 heteroatoms. The van der Waals surface area contributed by atoms with E-state index < -0.39 is 0 Å². The first kappa shape index (κ1) is 11.5. The van der Waals surface area contributed by atoms with Gasteiger partial charge < -0.3 is 4.74 Å². The van der Waals surface area contributed by atoms with Crippen molar-refractivity contribution in [1.29, 1.82) is 0 Å². The molecule has 2 rings (SSSR count). The van der Waals surface area contributed by atoms with Crippen molar-refractivity contribution in [2.75, 3.05) is 5.88 Å². The summed E-state index contributed by atoms with van der Waals surface area (Å²) >= 11 is 5.57. The van der Waals surface area contributed by atoms with Crippen LogP contribution in [0.25, 0.3) is 0 Å². The van der Waals surface area contributed by atoms with Crippen LogP contribution in [0.4, 0.5) is 0 Å². The normalized spacial score (nSPS) is 18.0. The second-order valence-corrected chi connectivity index (χ2v) is 4.55. The maximum Gasteiger partial charge on any atom is 0.162 e. The summed E-state index contributed by atoms with van der Waals surface area (Å²) in [5.41, 5.74) is 1.92. The van der Waals surface area contributed by atoms with E-state index in [-0.39, 0.29) is 11.9 Å². The van der Waals surface area contributed by atoms with Gasteiger partial charge in [-0.15, -0.1) is 11.6 Å². The third-order valence-electron chi connectivity index (χ3n) is 2.76. The Morgan fingerprint density at radius 3 is 3.12 bits per heavy atom. The Labute approximate surface area is 101 Å². The Morgan fingerprint density at radius 1 is 1.56 bits per heavy atom. The molecule has 0 aliphatic carbocycles. The number of benzene rings is 1. The van der Waals surface area contributed by atoms with E-state index in [1.165, 1.54) is 0 Å². The quantitative estimate of drug-likeness (QED) is 0.595. The number of carbonyl (C=O) groups excluding carboxylic acids is 1. The Bertz CT molecular complexity index is 401. The number of rotatable bonds is 4. The molecule has 1 atom stereocenters. The maximum absolute atomic E-state index is 11.8. The van der Waals surface area contributed by atoms with E-state index in [9.17, 15) is 4.79 Å². The third-order valence-corrected chi connectivity index (χ3v) is 3.02. The van der Waals surface area contributed by atoms with Gasteiger partial charge in [0.1, 0.15) is 11.9 Å². The van der Waals surface area contributed by atoms with Crippen molar-refractivity contribution in [1.82, 2.24) is 0 Å². The van der Waals surface area contributed by atoms with E-state index in [0.29, 0.717) is 12.3 Å². The smallest absolute Gasteiger partial charge is 0.162 e. The van der Waals surface area contributed by atoms with Gasteiger partial charge in [-0.05, 0) is 37.1 Å². The van der Waals surface area contributed by atoms with Crippen molar-refractivity contribution in [2.45, 2.75) is 32.3 Å². The molecule has 1 aliphatic heterocycles.